The molecule has 2 rings (SSSR count). The molecule has 7 heteroatoms. The lowest BCUT2D eigenvalue weighted by molar-refractivity contribution is -0.307. The summed E-state index contributed by atoms with van der Waals surface area (Å²) in [5.41, 5.74) is 1.29. The molecule has 0 spiro atoms. The molecule has 0 radical (unpaired) electrons. The number of fused-ring (bicyclic) bond motifs is 1. The molecule has 1 N–H and O–H groups in total. The lowest BCUT2D eigenvalue weighted by Gasteiger charge is -2.19. The number of amides is 1. The number of carboxylic acid groups (broad SMARTS) is 1. The maximum Gasteiger partial charge on any atom is 0.339 e. The van der Waals surface area contributed by atoms with E-state index in [9.17, 15) is 19.5 Å². The molecule has 7 nitrogen and oxygen atoms in total. The quantitative estimate of drug-likeness (QED) is 0.796. The van der Waals surface area contributed by atoms with Crippen LogP contribution in [0, 0.1) is 13.8 Å². The molecule has 0 fully saturated rings. The molecular formula is C17H18NO6-. The second-order valence-corrected chi connectivity index (χ2v) is 5.61. The zero-order valence-corrected chi connectivity index (χ0v) is 13.8. The fourth-order valence-electron chi connectivity index (χ4n) is 2.15. The van der Waals surface area contributed by atoms with Crippen molar-refractivity contribution >= 4 is 22.8 Å². The minimum absolute atomic E-state index is 0.331. The second kappa shape index (κ2) is 6.74. The molecule has 2 aromatic rings. The zero-order valence-electron chi connectivity index (χ0n) is 13.8. The third-order valence-corrected chi connectivity index (χ3v) is 3.82. The minimum Gasteiger partial charge on any atom is -0.548 e. The van der Waals surface area contributed by atoms with E-state index < -0.39 is 29.6 Å². The van der Waals surface area contributed by atoms with E-state index in [0.717, 1.165) is 10.9 Å². The number of hydrogen-bond acceptors (Lipinski definition) is 6. The van der Waals surface area contributed by atoms with Crippen LogP contribution in [-0.4, -0.2) is 24.0 Å². The third-order valence-electron chi connectivity index (χ3n) is 3.82. The first-order chi connectivity index (χ1) is 11.2. The summed E-state index contributed by atoms with van der Waals surface area (Å²) in [6.45, 7) is 6.30. The molecule has 1 heterocycles. The van der Waals surface area contributed by atoms with Crippen LogP contribution in [0.3, 0.4) is 0 Å². The van der Waals surface area contributed by atoms with Crippen molar-refractivity contribution in [2.24, 2.45) is 0 Å². The molecule has 1 aromatic carbocycles. The number of rotatable bonds is 5. The fourth-order valence-corrected chi connectivity index (χ4v) is 2.15. The molecule has 0 saturated carbocycles. The Morgan fingerprint density at radius 1 is 1.21 bits per heavy atom. The number of aliphatic carboxylic acids is 1. The van der Waals surface area contributed by atoms with Crippen LogP contribution in [0.1, 0.15) is 25.0 Å². The minimum atomic E-state index is -1.38. The molecule has 1 aromatic heterocycles. The predicted octanol–water partition coefficient (Wildman–Crippen LogP) is 0.432. The van der Waals surface area contributed by atoms with Crippen molar-refractivity contribution in [3.63, 3.8) is 0 Å². The smallest absolute Gasteiger partial charge is 0.339 e. The summed E-state index contributed by atoms with van der Waals surface area (Å²) in [6.07, 6.45) is -0.928. The van der Waals surface area contributed by atoms with Gasteiger partial charge in [0.25, 0.3) is 5.91 Å². The summed E-state index contributed by atoms with van der Waals surface area (Å²) >= 11 is 0. The van der Waals surface area contributed by atoms with Gasteiger partial charge in [0.2, 0.25) is 0 Å². The molecule has 2 atom stereocenters. The van der Waals surface area contributed by atoms with Gasteiger partial charge >= 0.3 is 5.63 Å². The molecule has 0 aliphatic rings. The van der Waals surface area contributed by atoms with Gasteiger partial charge in [-0.25, -0.2) is 4.79 Å². The van der Waals surface area contributed by atoms with Crippen molar-refractivity contribution in [2.45, 2.75) is 39.8 Å². The fraction of sp³-hybridized carbons (Fsp3) is 0.353. The largest absolute Gasteiger partial charge is 0.548 e. The summed E-state index contributed by atoms with van der Waals surface area (Å²) in [6, 6.07) is 3.80. The van der Waals surface area contributed by atoms with E-state index in [1.165, 1.54) is 19.9 Å². The van der Waals surface area contributed by atoms with E-state index in [0.29, 0.717) is 16.9 Å². The summed E-state index contributed by atoms with van der Waals surface area (Å²) in [5, 5.41) is 13.7. The highest BCUT2D eigenvalue weighted by Gasteiger charge is 2.18. The Kier molecular flexibility index (Phi) is 4.92. The van der Waals surface area contributed by atoms with Gasteiger partial charge in [-0.15, -0.1) is 0 Å². The standard InChI is InChI=1S/C17H19NO6/c1-8-9(2)17(22)24-14-7-12(5-6-13(8)14)23-11(4)15(19)18-10(3)16(20)21/h5-7,10-11H,1-4H3,(H,18,19)(H,20,21)/p-1/t10-,11+/m0/s1. The number of hydrogen-bond donors (Lipinski definition) is 1. The molecule has 1 amide bonds. The SMILES string of the molecule is Cc1c(C)c2ccc(O[C@H](C)C(=O)N[C@@H](C)C(=O)[O-])cc2oc1=O. The Labute approximate surface area is 138 Å². The summed E-state index contributed by atoms with van der Waals surface area (Å²) < 4.78 is 10.7. The van der Waals surface area contributed by atoms with Gasteiger partial charge < -0.3 is 24.4 Å². The van der Waals surface area contributed by atoms with Gasteiger partial charge in [0, 0.05) is 17.0 Å². The van der Waals surface area contributed by atoms with Gasteiger partial charge in [-0.05, 0) is 45.4 Å². The van der Waals surface area contributed by atoms with Crippen LogP contribution in [0.15, 0.2) is 27.4 Å². The highest BCUT2D eigenvalue weighted by atomic mass is 16.5. The number of ether oxygens (including phenoxy) is 1. The first-order valence-corrected chi connectivity index (χ1v) is 7.42. The first-order valence-electron chi connectivity index (χ1n) is 7.42. The number of nitrogens with one attached hydrogen (secondary N) is 1. The average molecular weight is 332 g/mol. The van der Waals surface area contributed by atoms with Gasteiger partial charge in [0.1, 0.15) is 11.3 Å². The normalized spacial score (nSPS) is 13.3. The van der Waals surface area contributed by atoms with Crippen molar-refractivity contribution < 1.29 is 23.8 Å². The zero-order chi connectivity index (χ0) is 18.0. The van der Waals surface area contributed by atoms with Crippen molar-refractivity contribution in [3.8, 4) is 5.75 Å². The van der Waals surface area contributed by atoms with Crippen molar-refractivity contribution in [2.75, 3.05) is 0 Å². The average Bonchev–Trinajstić information content (AvgIpc) is 2.52. The van der Waals surface area contributed by atoms with Crippen molar-refractivity contribution in [1.29, 1.82) is 0 Å². The lowest BCUT2D eigenvalue weighted by atomic mass is 10.1. The molecule has 0 unspecified atom stereocenters. The van der Waals surface area contributed by atoms with Crippen LogP contribution >= 0.6 is 0 Å². The van der Waals surface area contributed by atoms with Gasteiger partial charge in [-0.2, -0.15) is 0 Å². The lowest BCUT2D eigenvalue weighted by Crippen LogP contribution is -2.49. The number of aryl methyl sites for hydroxylation is 1. The van der Waals surface area contributed by atoms with Gasteiger partial charge in [-0.1, -0.05) is 0 Å². The van der Waals surface area contributed by atoms with E-state index in [1.54, 1.807) is 19.1 Å². The van der Waals surface area contributed by atoms with Gasteiger partial charge in [-0.3, -0.25) is 4.79 Å². The number of carbonyl (C=O) groups excluding carboxylic acids is 2. The molecule has 0 aliphatic carbocycles. The van der Waals surface area contributed by atoms with Crippen LogP contribution in [0.2, 0.25) is 0 Å². The Morgan fingerprint density at radius 3 is 2.50 bits per heavy atom. The van der Waals surface area contributed by atoms with Crippen molar-refractivity contribution in [1.82, 2.24) is 5.32 Å². The van der Waals surface area contributed by atoms with E-state index in [-0.39, 0.29) is 0 Å². The maximum atomic E-state index is 11.9. The molecule has 24 heavy (non-hydrogen) atoms. The maximum absolute atomic E-state index is 11.9. The molecule has 128 valence electrons. The van der Waals surface area contributed by atoms with E-state index in [1.807, 2.05) is 6.92 Å². The van der Waals surface area contributed by atoms with Crippen LogP contribution in [0.4, 0.5) is 0 Å². The Morgan fingerprint density at radius 2 is 1.88 bits per heavy atom. The Balaban J connectivity index is 2.21. The summed E-state index contributed by atoms with van der Waals surface area (Å²) in [4.78, 5) is 34.3. The predicted molar refractivity (Wildman–Crippen MR) is 84.7 cm³/mol. The van der Waals surface area contributed by atoms with Gasteiger partial charge in [0.05, 0.1) is 12.0 Å². The highest BCUT2D eigenvalue weighted by Crippen LogP contribution is 2.24. The van der Waals surface area contributed by atoms with Crippen LogP contribution in [-0.2, 0) is 9.59 Å². The summed E-state index contributed by atoms with van der Waals surface area (Å²) in [7, 11) is 0. The van der Waals surface area contributed by atoms with E-state index in [4.69, 9.17) is 9.15 Å². The first kappa shape index (κ1) is 17.5. The monoisotopic (exact) mass is 332 g/mol. The molecule has 0 bridgehead atoms. The highest BCUT2D eigenvalue weighted by molar-refractivity contribution is 5.86. The number of benzene rings is 1. The Bertz CT molecular complexity index is 854. The number of carboxylic acids is 1. The molecule has 0 saturated heterocycles. The topological polar surface area (TPSA) is 109 Å². The van der Waals surface area contributed by atoms with Gasteiger partial charge in [0.15, 0.2) is 6.10 Å². The Hall–Kier alpha value is -2.83. The number of carbonyl (C=O) groups is 2. The van der Waals surface area contributed by atoms with E-state index in [2.05, 4.69) is 5.32 Å². The summed E-state index contributed by atoms with van der Waals surface area (Å²) in [5.74, 6) is -1.64. The van der Waals surface area contributed by atoms with E-state index >= 15 is 0 Å². The third kappa shape index (κ3) is 3.56. The van der Waals surface area contributed by atoms with Crippen LogP contribution < -0.4 is 20.8 Å². The van der Waals surface area contributed by atoms with Crippen LogP contribution in [0.25, 0.3) is 11.0 Å². The van der Waals surface area contributed by atoms with Crippen molar-refractivity contribution in [3.05, 3.63) is 39.7 Å². The molecular weight excluding hydrogens is 314 g/mol. The molecule has 0 aliphatic heterocycles. The van der Waals surface area contributed by atoms with Crippen LogP contribution in [0.5, 0.6) is 5.75 Å². The second-order valence-electron chi connectivity index (χ2n) is 5.61.